The fourth-order valence-electron chi connectivity index (χ4n) is 4.87. The van der Waals surface area contributed by atoms with Gasteiger partial charge in [-0.25, -0.2) is 4.79 Å². The van der Waals surface area contributed by atoms with Crippen LogP contribution in [0.5, 0.6) is 0 Å². The predicted octanol–water partition coefficient (Wildman–Crippen LogP) is 3.87. The smallest absolute Gasteiger partial charge is 0.407 e. The Hall–Kier alpha value is -3.35. The third-order valence-electron chi connectivity index (χ3n) is 6.83. The molecule has 0 spiro atoms. The van der Waals surface area contributed by atoms with E-state index in [2.05, 4.69) is 29.6 Å². The van der Waals surface area contributed by atoms with E-state index in [0.717, 1.165) is 22.3 Å². The molecule has 7 heteroatoms. The van der Waals surface area contributed by atoms with E-state index in [-0.39, 0.29) is 37.6 Å². The van der Waals surface area contributed by atoms with Crippen molar-refractivity contribution in [3.8, 4) is 11.1 Å². The molecule has 0 bridgehead atoms. The van der Waals surface area contributed by atoms with Crippen LogP contribution in [0.2, 0.25) is 0 Å². The first kappa shape index (κ1) is 22.8. The highest BCUT2D eigenvalue weighted by Gasteiger charge is 2.34. The van der Waals surface area contributed by atoms with Crippen LogP contribution >= 0.6 is 0 Å². The third kappa shape index (κ3) is 4.72. The number of carbonyl (C=O) groups excluding carboxylic acids is 2. The number of carbonyl (C=O) groups is 3. The van der Waals surface area contributed by atoms with Gasteiger partial charge in [0, 0.05) is 25.0 Å². The second-order valence-corrected chi connectivity index (χ2v) is 9.06. The molecule has 0 radical (unpaired) electrons. The molecule has 3 atom stereocenters. The van der Waals surface area contributed by atoms with Crippen molar-refractivity contribution >= 4 is 18.0 Å². The highest BCUT2D eigenvalue weighted by molar-refractivity contribution is 5.81. The minimum absolute atomic E-state index is 0.00926. The summed E-state index contributed by atoms with van der Waals surface area (Å²) in [6.07, 6.45) is 0.675. The highest BCUT2D eigenvalue weighted by atomic mass is 16.5. The summed E-state index contributed by atoms with van der Waals surface area (Å²) in [7, 11) is 0. The normalized spacial score (nSPS) is 20.5. The van der Waals surface area contributed by atoms with Crippen molar-refractivity contribution in [1.82, 2.24) is 10.2 Å². The number of aliphatic carboxylic acids is 1. The summed E-state index contributed by atoms with van der Waals surface area (Å²) in [5, 5.41) is 12.0. The molecule has 2 aliphatic rings. The summed E-state index contributed by atoms with van der Waals surface area (Å²) >= 11 is 0. The van der Waals surface area contributed by atoms with Crippen molar-refractivity contribution in [1.29, 1.82) is 0 Å². The first-order chi connectivity index (χ1) is 15.9. The van der Waals surface area contributed by atoms with Crippen LogP contribution in [0.1, 0.15) is 43.7 Å². The maximum absolute atomic E-state index is 12.9. The van der Waals surface area contributed by atoms with Gasteiger partial charge >= 0.3 is 12.1 Å². The second kappa shape index (κ2) is 9.65. The minimum Gasteiger partial charge on any atom is -0.481 e. The number of ether oxygens (including phenoxy) is 1. The molecule has 0 aromatic heterocycles. The van der Waals surface area contributed by atoms with Crippen molar-refractivity contribution in [3.63, 3.8) is 0 Å². The molecule has 33 heavy (non-hydrogen) atoms. The van der Waals surface area contributed by atoms with E-state index in [0.29, 0.717) is 12.8 Å². The van der Waals surface area contributed by atoms with Crippen LogP contribution in [0.15, 0.2) is 48.5 Å². The average molecular weight is 451 g/mol. The monoisotopic (exact) mass is 450 g/mol. The third-order valence-corrected chi connectivity index (χ3v) is 6.83. The first-order valence-electron chi connectivity index (χ1n) is 11.5. The summed E-state index contributed by atoms with van der Waals surface area (Å²) in [6.45, 7) is 4.23. The maximum Gasteiger partial charge on any atom is 0.407 e. The minimum atomic E-state index is -0.871. The number of rotatable bonds is 6. The van der Waals surface area contributed by atoms with E-state index in [4.69, 9.17) is 4.74 Å². The van der Waals surface area contributed by atoms with E-state index in [1.807, 2.05) is 31.2 Å². The first-order valence-corrected chi connectivity index (χ1v) is 11.5. The van der Waals surface area contributed by atoms with E-state index in [1.165, 1.54) is 0 Å². The number of likely N-dealkylation sites (tertiary alicyclic amines) is 1. The van der Waals surface area contributed by atoms with Gasteiger partial charge in [-0.15, -0.1) is 0 Å². The molecule has 3 unspecified atom stereocenters. The summed E-state index contributed by atoms with van der Waals surface area (Å²) in [4.78, 5) is 38.2. The molecule has 2 aromatic rings. The van der Waals surface area contributed by atoms with Gasteiger partial charge in [-0.1, -0.05) is 55.5 Å². The van der Waals surface area contributed by atoms with Gasteiger partial charge in [-0.2, -0.15) is 0 Å². The number of nitrogens with one attached hydrogen (secondary N) is 1. The zero-order chi connectivity index (χ0) is 23.5. The Bertz CT molecular complexity index is 1010. The second-order valence-electron chi connectivity index (χ2n) is 9.06. The lowest BCUT2D eigenvalue weighted by Gasteiger charge is -2.38. The predicted molar refractivity (Wildman–Crippen MR) is 124 cm³/mol. The van der Waals surface area contributed by atoms with Crippen LogP contribution in [0.4, 0.5) is 4.79 Å². The number of nitrogens with zero attached hydrogens (tertiary/aromatic N) is 1. The van der Waals surface area contributed by atoms with Gasteiger partial charge in [0.25, 0.3) is 0 Å². The zero-order valence-electron chi connectivity index (χ0n) is 19.0. The Balaban J connectivity index is 1.31. The number of amides is 2. The van der Waals surface area contributed by atoms with Gasteiger partial charge in [0.2, 0.25) is 5.91 Å². The molecule has 4 rings (SSSR count). The van der Waals surface area contributed by atoms with Gasteiger partial charge in [-0.3, -0.25) is 9.59 Å². The molecule has 2 aromatic carbocycles. The van der Waals surface area contributed by atoms with Gasteiger partial charge in [0.05, 0.1) is 11.8 Å². The lowest BCUT2D eigenvalue weighted by atomic mass is 9.92. The van der Waals surface area contributed by atoms with Crippen LogP contribution in [0, 0.1) is 11.8 Å². The van der Waals surface area contributed by atoms with Crippen molar-refractivity contribution in [2.24, 2.45) is 11.8 Å². The van der Waals surface area contributed by atoms with Gasteiger partial charge in [0.1, 0.15) is 6.61 Å². The van der Waals surface area contributed by atoms with Gasteiger partial charge in [-0.05, 0) is 42.0 Å². The Labute approximate surface area is 193 Å². The van der Waals surface area contributed by atoms with Crippen LogP contribution in [0.3, 0.4) is 0 Å². The summed E-state index contributed by atoms with van der Waals surface area (Å²) in [6, 6.07) is 16.3. The zero-order valence-corrected chi connectivity index (χ0v) is 19.0. The fourth-order valence-corrected chi connectivity index (χ4v) is 4.87. The van der Waals surface area contributed by atoms with Crippen LogP contribution in [0.25, 0.3) is 11.1 Å². The van der Waals surface area contributed by atoms with E-state index >= 15 is 0 Å². The van der Waals surface area contributed by atoms with Crippen molar-refractivity contribution in [3.05, 3.63) is 59.7 Å². The summed E-state index contributed by atoms with van der Waals surface area (Å²) in [5.74, 6) is -2.05. The number of hydrogen-bond donors (Lipinski definition) is 2. The molecule has 1 aliphatic heterocycles. The number of fused-ring (bicyclic) bond motifs is 3. The molecule has 0 saturated carbocycles. The highest BCUT2D eigenvalue weighted by Crippen LogP contribution is 2.44. The Morgan fingerprint density at radius 3 is 2.27 bits per heavy atom. The molecule has 1 saturated heterocycles. The van der Waals surface area contributed by atoms with Crippen LogP contribution in [-0.2, 0) is 14.3 Å². The molecule has 2 N–H and O–H groups in total. The van der Waals surface area contributed by atoms with E-state index in [1.54, 1.807) is 11.8 Å². The van der Waals surface area contributed by atoms with E-state index in [9.17, 15) is 19.5 Å². The van der Waals surface area contributed by atoms with Crippen LogP contribution in [-0.4, -0.2) is 53.7 Å². The number of alkyl carbamates (subject to hydrolysis) is 1. The quantitative estimate of drug-likeness (QED) is 0.697. The standard InChI is InChI=1S/C26H30N2O5/c1-16(24(29)28-14-18(25(30)31)12-11-17(28)2)13-27-26(32)33-15-23-21-9-5-3-7-19(21)20-8-4-6-10-22(20)23/h3-10,16-18,23H,11-15H2,1-2H3,(H,27,32)(H,30,31). The number of benzene rings is 2. The number of carboxylic acid groups (broad SMARTS) is 1. The average Bonchev–Trinajstić information content (AvgIpc) is 3.14. The molecule has 1 heterocycles. The molecule has 1 aliphatic carbocycles. The van der Waals surface area contributed by atoms with E-state index < -0.39 is 23.9 Å². The van der Waals surface area contributed by atoms with Crippen molar-refractivity contribution < 1.29 is 24.2 Å². The molecule has 174 valence electrons. The number of hydrogen-bond acceptors (Lipinski definition) is 4. The maximum atomic E-state index is 12.9. The molecular weight excluding hydrogens is 420 g/mol. The van der Waals surface area contributed by atoms with Crippen LogP contribution < -0.4 is 5.32 Å². The SMILES string of the molecule is CC(CNC(=O)OCC1c2ccccc2-c2ccccc21)C(=O)N1CC(C(=O)O)CCC1C. The Kier molecular flexibility index (Phi) is 6.67. The lowest BCUT2D eigenvalue weighted by molar-refractivity contribution is -0.148. The Morgan fingerprint density at radius 1 is 1.06 bits per heavy atom. The number of piperidine rings is 1. The summed E-state index contributed by atoms with van der Waals surface area (Å²) < 4.78 is 5.53. The molecule has 1 fully saturated rings. The Morgan fingerprint density at radius 2 is 1.67 bits per heavy atom. The van der Waals surface area contributed by atoms with Crippen molar-refractivity contribution in [2.75, 3.05) is 19.7 Å². The summed E-state index contributed by atoms with van der Waals surface area (Å²) in [5.41, 5.74) is 4.61. The largest absolute Gasteiger partial charge is 0.481 e. The fraction of sp³-hybridized carbons (Fsp3) is 0.423. The molecule has 2 amide bonds. The van der Waals surface area contributed by atoms with Gasteiger partial charge in [0.15, 0.2) is 0 Å². The molecular formula is C26H30N2O5. The molecule has 7 nitrogen and oxygen atoms in total. The van der Waals surface area contributed by atoms with Crippen molar-refractivity contribution in [2.45, 2.75) is 38.6 Å². The van der Waals surface area contributed by atoms with Gasteiger partial charge < -0.3 is 20.1 Å². The number of carboxylic acids is 1. The lowest BCUT2D eigenvalue weighted by Crippen LogP contribution is -2.50. The topological polar surface area (TPSA) is 95.9 Å².